The molecular formula is C18H16N2O2. The van der Waals surface area contributed by atoms with Crippen molar-refractivity contribution in [2.24, 2.45) is 0 Å². The molecule has 4 rings (SSSR count). The van der Waals surface area contributed by atoms with Crippen LogP contribution in [-0.4, -0.2) is 23.4 Å². The Labute approximate surface area is 128 Å². The number of aromatic nitrogens is 2. The van der Waals surface area contributed by atoms with Crippen molar-refractivity contribution in [2.45, 2.75) is 6.92 Å². The molecule has 0 saturated heterocycles. The summed E-state index contributed by atoms with van der Waals surface area (Å²) in [6, 6.07) is 16.3. The Morgan fingerprint density at radius 2 is 1.77 bits per heavy atom. The molecule has 0 saturated carbocycles. The Kier molecular flexibility index (Phi) is 3.07. The van der Waals surface area contributed by atoms with Crippen LogP contribution < -0.4 is 9.47 Å². The molecule has 0 bridgehead atoms. The van der Waals surface area contributed by atoms with Gasteiger partial charge < -0.3 is 9.47 Å². The van der Waals surface area contributed by atoms with Gasteiger partial charge in [0.1, 0.15) is 13.2 Å². The van der Waals surface area contributed by atoms with E-state index in [9.17, 15) is 0 Å². The number of fused-ring (bicyclic) bond motifs is 1. The van der Waals surface area contributed by atoms with Crippen molar-refractivity contribution in [3.05, 3.63) is 54.1 Å². The van der Waals surface area contributed by atoms with Crippen LogP contribution in [0.4, 0.5) is 0 Å². The monoisotopic (exact) mass is 292 g/mol. The van der Waals surface area contributed by atoms with Gasteiger partial charge in [0, 0.05) is 11.1 Å². The largest absolute Gasteiger partial charge is 0.486 e. The van der Waals surface area contributed by atoms with E-state index < -0.39 is 0 Å². The van der Waals surface area contributed by atoms with Crippen LogP contribution in [0.15, 0.2) is 48.5 Å². The Morgan fingerprint density at radius 3 is 2.64 bits per heavy atom. The highest BCUT2D eigenvalue weighted by atomic mass is 16.6. The number of ether oxygens (including phenoxy) is 2. The fourth-order valence-corrected chi connectivity index (χ4v) is 2.63. The van der Waals surface area contributed by atoms with Crippen molar-refractivity contribution in [3.8, 4) is 34.0 Å². The molecule has 22 heavy (non-hydrogen) atoms. The first-order valence-electron chi connectivity index (χ1n) is 7.32. The summed E-state index contributed by atoms with van der Waals surface area (Å²) >= 11 is 0. The van der Waals surface area contributed by atoms with Gasteiger partial charge in [-0.15, -0.1) is 0 Å². The van der Waals surface area contributed by atoms with E-state index in [1.54, 1.807) is 0 Å². The first-order chi connectivity index (χ1) is 10.8. The van der Waals surface area contributed by atoms with Gasteiger partial charge in [0.2, 0.25) is 0 Å². The van der Waals surface area contributed by atoms with Gasteiger partial charge in [0.15, 0.2) is 11.5 Å². The Morgan fingerprint density at radius 1 is 0.909 bits per heavy atom. The normalized spacial score (nSPS) is 13.1. The standard InChI is InChI=1S/C18H16N2O2/c1-12-3-2-4-13(9-12)15-11-16(20-19-15)14-5-6-17-18(10-14)22-8-7-21-17/h2-6,9-11H,7-8H2,1H3,(H,19,20). The van der Waals surface area contributed by atoms with E-state index in [4.69, 9.17) is 9.47 Å². The maximum atomic E-state index is 5.63. The number of nitrogens with zero attached hydrogens (tertiary/aromatic N) is 1. The summed E-state index contributed by atoms with van der Waals surface area (Å²) in [6.45, 7) is 3.28. The van der Waals surface area contributed by atoms with Gasteiger partial charge in [0.05, 0.1) is 11.4 Å². The molecule has 3 aromatic rings. The Bertz CT molecular complexity index is 823. The van der Waals surface area contributed by atoms with Gasteiger partial charge in [-0.25, -0.2) is 0 Å². The van der Waals surface area contributed by atoms with E-state index in [2.05, 4.69) is 41.4 Å². The average Bonchev–Trinajstić information content (AvgIpc) is 3.04. The molecule has 1 aliphatic rings. The molecular weight excluding hydrogens is 276 g/mol. The first kappa shape index (κ1) is 13.0. The van der Waals surface area contributed by atoms with Crippen molar-refractivity contribution < 1.29 is 9.47 Å². The summed E-state index contributed by atoms with van der Waals surface area (Å²) in [5.41, 5.74) is 5.28. The van der Waals surface area contributed by atoms with E-state index in [-0.39, 0.29) is 0 Å². The van der Waals surface area contributed by atoms with Gasteiger partial charge in [0.25, 0.3) is 0 Å². The number of H-pyrrole nitrogens is 1. The molecule has 0 spiro atoms. The minimum atomic E-state index is 0.591. The van der Waals surface area contributed by atoms with Crippen LogP contribution in [0.25, 0.3) is 22.5 Å². The van der Waals surface area contributed by atoms with E-state index in [1.807, 2.05) is 24.3 Å². The lowest BCUT2D eigenvalue weighted by Crippen LogP contribution is -2.15. The second-order valence-corrected chi connectivity index (χ2v) is 5.39. The molecule has 4 nitrogen and oxygen atoms in total. The highest BCUT2D eigenvalue weighted by molar-refractivity contribution is 5.70. The minimum Gasteiger partial charge on any atom is -0.486 e. The van der Waals surface area contributed by atoms with Gasteiger partial charge in [-0.05, 0) is 37.3 Å². The van der Waals surface area contributed by atoms with Crippen molar-refractivity contribution in [3.63, 3.8) is 0 Å². The highest BCUT2D eigenvalue weighted by Gasteiger charge is 2.13. The smallest absolute Gasteiger partial charge is 0.162 e. The van der Waals surface area contributed by atoms with Crippen LogP contribution in [-0.2, 0) is 0 Å². The number of aromatic amines is 1. The Hall–Kier alpha value is -2.75. The molecule has 0 radical (unpaired) electrons. The summed E-state index contributed by atoms with van der Waals surface area (Å²) in [5, 5.41) is 7.52. The molecule has 0 amide bonds. The molecule has 1 aromatic heterocycles. The van der Waals surface area contributed by atoms with Gasteiger partial charge >= 0.3 is 0 Å². The molecule has 0 aliphatic carbocycles. The summed E-state index contributed by atoms with van der Waals surface area (Å²) in [7, 11) is 0. The molecule has 2 aromatic carbocycles. The van der Waals surface area contributed by atoms with Crippen molar-refractivity contribution in [1.29, 1.82) is 0 Å². The third-order valence-corrected chi connectivity index (χ3v) is 3.74. The zero-order valence-electron chi connectivity index (χ0n) is 12.3. The van der Waals surface area contributed by atoms with Crippen LogP contribution in [0.2, 0.25) is 0 Å². The van der Waals surface area contributed by atoms with Crippen LogP contribution >= 0.6 is 0 Å². The summed E-state index contributed by atoms with van der Waals surface area (Å²) in [6.07, 6.45) is 0. The molecule has 0 atom stereocenters. The summed E-state index contributed by atoms with van der Waals surface area (Å²) in [4.78, 5) is 0. The molecule has 0 fully saturated rings. The maximum absolute atomic E-state index is 5.63. The molecule has 4 heteroatoms. The zero-order valence-corrected chi connectivity index (χ0v) is 12.3. The van der Waals surface area contributed by atoms with Crippen molar-refractivity contribution >= 4 is 0 Å². The second-order valence-electron chi connectivity index (χ2n) is 5.39. The van der Waals surface area contributed by atoms with Crippen molar-refractivity contribution in [2.75, 3.05) is 13.2 Å². The summed E-state index contributed by atoms with van der Waals surface area (Å²) < 4.78 is 11.2. The lowest BCUT2D eigenvalue weighted by atomic mass is 10.1. The Balaban J connectivity index is 1.69. The zero-order chi connectivity index (χ0) is 14.9. The molecule has 2 heterocycles. The highest BCUT2D eigenvalue weighted by Crippen LogP contribution is 2.34. The third kappa shape index (κ3) is 2.33. The van der Waals surface area contributed by atoms with Crippen LogP contribution in [0, 0.1) is 6.92 Å². The molecule has 110 valence electrons. The van der Waals surface area contributed by atoms with Crippen LogP contribution in [0.1, 0.15) is 5.56 Å². The van der Waals surface area contributed by atoms with Gasteiger partial charge in [-0.3, -0.25) is 5.10 Å². The van der Waals surface area contributed by atoms with Crippen LogP contribution in [0.5, 0.6) is 11.5 Å². The number of nitrogens with one attached hydrogen (secondary N) is 1. The number of hydrogen-bond acceptors (Lipinski definition) is 3. The molecule has 0 unspecified atom stereocenters. The molecule has 1 N–H and O–H groups in total. The van der Waals surface area contributed by atoms with E-state index >= 15 is 0 Å². The number of rotatable bonds is 2. The van der Waals surface area contributed by atoms with E-state index in [0.29, 0.717) is 13.2 Å². The van der Waals surface area contributed by atoms with Crippen molar-refractivity contribution in [1.82, 2.24) is 10.2 Å². The van der Waals surface area contributed by atoms with E-state index in [0.717, 1.165) is 34.0 Å². The number of aryl methyl sites for hydroxylation is 1. The fraction of sp³-hybridized carbons (Fsp3) is 0.167. The van der Waals surface area contributed by atoms with Gasteiger partial charge in [-0.1, -0.05) is 23.8 Å². The topological polar surface area (TPSA) is 47.1 Å². The molecule has 1 aliphatic heterocycles. The lowest BCUT2D eigenvalue weighted by molar-refractivity contribution is 0.171. The predicted molar refractivity (Wildman–Crippen MR) is 85.2 cm³/mol. The summed E-state index contributed by atoms with van der Waals surface area (Å²) in [5.74, 6) is 1.59. The lowest BCUT2D eigenvalue weighted by Gasteiger charge is -2.18. The predicted octanol–water partition coefficient (Wildman–Crippen LogP) is 3.82. The second kappa shape index (κ2) is 5.22. The number of hydrogen-bond donors (Lipinski definition) is 1. The maximum Gasteiger partial charge on any atom is 0.162 e. The average molecular weight is 292 g/mol. The first-order valence-corrected chi connectivity index (χ1v) is 7.32. The SMILES string of the molecule is Cc1cccc(-c2cc(-c3ccc4c(c3)OCCO4)[nH]n2)c1. The van der Waals surface area contributed by atoms with E-state index in [1.165, 1.54) is 5.56 Å². The third-order valence-electron chi connectivity index (χ3n) is 3.74. The minimum absolute atomic E-state index is 0.591. The quantitative estimate of drug-likeness (QED) is 0.781. The van der Waals surface area contributed by atoms with Crippen LogP contribution in [0.3, 0.4) is 0 Å². The fourth-order valence-electron chi connectivity index (χ4n) is 2.63. The number of benzene rings is 2. The van der Waals surface area contributed by atoms with Gasteiger partial charge in [-0.2, -0.15) is 5.10 Å².